The molecule has 0 bridgehead atoms. The lowest BCUT2D eigenvalue weighted by Crippen LogP contribution is -2.24. The summed E-state index contributed by atoms with van der Waals surface area (Å²) in [5.74, 6) is 0.952. The van der Waals surface area contributed by atoms with E-state index in [-0.39, 0.29) is 17.3 Å². The highest BCUT2D eigenvalue weighted by atomic mass is 79.9. The van der Waals surface area contributed by atoms with Gasteiger partial charge in [-0.2, -0.15) is 0 Å². The molecule has 0 heterocycles. The van der Waals surface area contributed by atoms with Crippen molar-refractivity contribution in [3.63, 3.8) is 0 Å². The first-order valence-electron chi connectivity index (χ1n) is 6.99. The Morgan fingerprint density at radius 2 is 1.89 bits per heavy atom. The van der Waals surface area contributed by atoms with E-state index < -0.39 is 5.82 Å². The van der Waals surface area contributed by atoms with Gasteiger partial charge in [-0.15, -0.1) is 0 Å². The number of rotatable bonds is 3. The van der Waals surface area contributed by atoms with Crippen molar-refractivity contribution in [2.45, 2.75) is 39.5 Å². The van der Waals surface area contributed by atoms with Crippen molar-refractivity contribution < 1.29 is 9.18 Å². The Balaban J connectivity index is 2.07. The summed E-state index contributed by atoms with van der Waals surface area (Å²) in [4.78, 5) is 12.4. The molecule has 0 N–H and O–H groups in total. The number of Topliss-reactive ketones (excluding diaryl/α,β-unsaturated/α-hetero) is 1. The molecule has 1 aromatic rings. The highest BCUT2D eigenvalue weighted by molar-refractivity contribution is 9.10. The first-order chi connectivity index (χ1) is 9.00. The molecule has 0 atom stereocenters. The Morgan fingerprint density at radius 1 is 1.26 bits per heavy atom. The maximum absolute atomic E-state index is 13.9. The second-order valence-electron chi connectivity index (χ2n) is 5.82. The summed E-state index contributed by atoms with van der Waals surface area (Å²) < 4.78 is 14.3. The minimum atomic E-state index is -0.418. The summed E-state index contributed by atoms with van der Waals surface area (Å²) >= 11 is 3.14. The van der Waals surface area contributed by atoms with Gasteiger partial charge >= 0.3 is 0 Å². The average molecular weight is 327 g/mol. The van der Waals surface area contributed by atoms with Gasteiger partial charge in [0, 0.05) is 5.92 Å². The topological polar surface area (TPSA) is 17.1 Å². The fourth-order valence-corrected chi connectivity index (χ4v) is 3.33. The second kappa shape index (κ2) is 6.17. The van der Waals surface area contributed by atoms with Crippen LogP contribution in [0.1, 0.15) is 49.9 Å². The standard InChI is InChI=1S/C16H20BrFO/c1-10(2)11-6-8-12(9-7-11)16(19)13-4-3-5-14(17)15(13)18/h3-5,10-12H,6-9H2,1-2H3. The zero-order chi connectivity index (χ0) is 14.0. The van der Waals surface area contributed by atoms with Crippen molar-refractivity contribution in [2.75, 3.05) is 0 Å². The zero-order valence-corrected chi connectivity index (χ0v) is 13.0. The second-order valence-corrected chi connectivity index (χ2v) is 6.68. The maximum atomic E-state index is 13.9. The summed E-state index contributed by atoms with van der Waals surface area (Å²) in [5.41, 5.74) is 0.238. The van der Waals surface area contributed by atoms with E-state index >= 15 is 0 Å². The number of carbonyl (C=O) groups is 1. The Hall–Kier alpha value is -0.700. The van der Waals surface area contributed by atoms with Crippen molar-refractivity contribution in [1.29, 1.82) is 0 Å². The lowest BCUT2D eigenvalue weighted by atomic mass is 9.75. The zero-order valence-electron chi connectivity index (χ0n) is 11.5. The van der Waals surface area contributed by atoms with Crippen LogP contribution in [-0.4, -0.2) is 5.78 Å². The molecular formula is C16H20BrFO. The molecule has 104 valence electrons. The summed E-state index contributed by atoms with van der Waals surface area (Å²) in [6, 6.07) is 4.94. The largest absolute Gasteiger partial charge is 0.294 e. The molecule has 0 aliphatic heterocycles. The molecule has 3 heteroatoms. The SMILES string of the molecule is CC(C)C1CCC(C(=O)c2cccc(Br)c2F)CC1. The number of hydrogen-bond donors (Lipinski definition) is 0. The molecule has 1 aliphatic rings. The van der Waals surface area contributed by atoms with Gasteiger partial charge in [-0.3, -0.25) is 4.79 Å². The third kappa shape index (κ3) is 3.25. The number of ketones is 1. The maximum Gasteiger partial charge on any atom is 0.168 e. The molecule has 1 aliphatic carbocycles. The summed E-state index contributed by atoms with van der Waals surface area (Å²) in [6.07, 6.45) is 3.97. The van der Waals surface area contributed by atoms with E-state index in [1.807, 2.05) is 0 Å². The smallest absolute Gasteiger partial charge is 0.168 e. The van der Waals surface area contributed by atoms with Gasteiger partial charge in [-0.05, 0) is 65.6 Å². The van der Waals surface area contributed by atoms with E-state index in [0.717, 1.165) is 31.6 Å². The van der Waals surface area contributed by atoms with Gasteiger partial charge in [0.05, 0.1) is 10.0 Å². The van der Waals surface area contributed by atoms with Crippen molar-refractivity contribution in [3.05, 3.63) is 34.1 Å². The molecule has 0 aromatic heterocycles. The van der Waals surface area contributed by atoms with E-state index in [1.54, 1.807) is 18.2 Å². The van der Waals surface area contributed by atoms with Crippen LogP contribution in [-0.2, 0) is 0 Å². The summed E-state index contributed by atoms with van der Waals surface area (Å²) in [6.45, 7) is 4.47. The quantitative estimate of drug-likeness (QED) is 0.695. The van der Waals surface area contributed by atoms with Crippen LogP contribution in [0.25, 0.3) is 0 Å². The molecular weight excluding hydrogens is 307 g/mol. The molecule has 1 nitrogen and oxygen atoms in total. The lowest BCUT2D eigenvalue weighted by Gasteiger charge is -2.30. The predicted octanol–water partition coefficient (Wildman–Crippen LogP) is 5.23. The molecule has 19 heavy (non-hydrogen) atoms. The van der Waals surface area contributed by atoms with Crippen molar-refractivity contribution in [1.82, 2.24) is 0 Å². The number of halogens is 2. The summed E-state index contributed by atoms with van der Waals surface area (Å²) in [7, 11) is 0. The molecule has 2 rings (SSSR count). The fraction of sp³-hybridized carbons (Fsp3) is 0.562. The van der Waals surface area contributed by atoms with Crippen LogP contribution in [0.2, 0.25) is 0 Å². The van der Waals surface area contributed by atoms with Gasteiger partial charge in [-0.25, -0.2) is 4.39 Å². The Bertz CT molecular complexity index is 462. The Kier molecular flexibility index (Phi) is 4.77. The number of hydrogen-bond acceptors (Lipinski definition) is 1. The van der Waals surface area contributed by atoms with Crippen LogP contribution >= 0.6 is 15.9 Å². The Morgan fingerprint density at radius 3 is 2.47 bits per heavy atom. The molecule has 0 spiro atoms. The van der Waals surface area contributed by atoms with E-state index in [4.69, 9.17) is 0 Å². The van der Waals surface area contributed by atoms with Crippen molar-refractivity contribution in [2.24, 2.45) is 17.8 Å². The first-order valence-corrected chi connectivity index (χ1v) is 7.78. The molecule has 0 radical (unpaired) electrons. The van der Waals surface area contributed by atoms with Crippen LogP contribution in [0.5, 0.6) is 0 Å². The van der Waals surface area contributed by atoms with Gasteiger partial charge in [0.1, 0.15) is 5.82 Å². The predicted molar refractivity (Wildman–Crippen MR) is 78.7 cm³/mol. The van der Waals surface area contributed by atoms with Crippen LogP contribution in [0, 0.1) is 23.6 Å². The van der Waals surface area contributed by atoms with Crippen LogP contribution in [0.15, 0.2) is 22.7 Å². The first kappa shape index (κ1) is 14.7. The minimum Gasteiger partial charge on any atom is -0.294 e. The molecule has 0 unspecified atom stereocenters. The van der Waals surface area contributed by atoms with Crippen LogP contribution in [0.3, 0.4) is 0 Å². The van der Waals surface area contributed by atoms with E-state index in [1.165, 1.54) is 0 Å². The van der Waals surface area contributed by atoms with E-state index in [9.17, 15) is 9.18 Å². The molecule has 0 amide bonds. The van der Waals surface area contributed by atoms with Crippen molar-refractivity contribution in [3.8, 4) is 0 Å². The van der Waals surface area contributed by atoms with Gasteiger partial charge in [0.25, 0.3) is 0 Å². The number of carbonyl (C=O) groups excluding carboxylic acids is 1. The molecule has 1 aromatic carbocycles. The average Bonchev–Trinajstić information content (AvgIpc) is 2.41. The monoisotopic (exact) mass is 326 g/mol. The third-order valence-electron chi connectivity index (χ3n) is 4.30. The lowest BCUT2D eigenvalue weighted by molar-refractivity contribution is 0.0854. The Labute approximate surface area is 122 Å². The minimum absolute atomic E-state index is 0.00111. The van der Waals surface area contributed by atoms with Crippen LogP contribution in [0.4, 0.5) is 4.39 Å². The fourth-order valence-electron chi connectivity index (χ4n) is 2.96. The van der Waals surface area contributed by atoms with Gasteiger partial charge in [0.2, 0.25) is 0 Å². The number of benzene rings is 1. The van der Waals surface area contributed by atoms with Crippen LogP contribution < -0.4 is 0 Å². The molecule has 1 fully saturated rings. The van der Waals surface area contributed by atoms with Gasteiger partial charge < -0.3 is 0 Å². The normalized spacial score (nSPS) is 23.6. The third-order valence-corrected chi connectivity index (χ3v) is 4.91. The van der Waals surface area contributed by atoms with Gasteiger partial charge in [-0.1, -0.05) is 19.9 Å². The van der Waals surface area contributed by atoms with E-state index in [2.05, 4.69) is 29.8 Å². The highest BCUT2D eigenvalue weighted by Gasteiger charge is 2.29. The summed E-state index contributed by atoms with van der Waals surface area (Å²) in [5, 5.41) is 0. The van der Waals surface area contributed by atoms with Gasteiger partial charge in [0.15, 0.2) is 5.78 Å². The van der Waals surface area contributed by atoms with Crippen molar-refractivity contribution >= 4 is 21.7 Å². The molecule has 1 saturated carbocycles. The molecule has 0 saturated heterocycles. The highest BCUT2D eigenvalue weighted by Crippen LogP contribution is 2.35. The van der Waals surface area contributed by atoms with E-state index in [0.29, 0.717) is 10.4 Å².